The maximum atomic E-state index is 12.4. The van der Waals surface area contributed by atoms with Crippen molar-refractivity contribution in [3.8, 4) is 22.8 Å². The van der Waals surface area contributed by atoms with Crippen LogP contribution >= 0.6 is 0 Å². The first-order valence-corrected chi connectivity index (χ1v) is 11.5. The van der Waals surface area contributed by atoms with E-state index < -0.39 is 11.5 Å². The summed E-state index contributed by atoms with van der Waals surface area (Å²) in [5.41, 5.74) is 0.631. The zero-order valence-electron chi connectivity index (χ0n) is 19.3. The molecule has 1 saturated heterocycles. The van der Waals surface area contributed by atoms with E-state index in [4.69, 9.17) is 9.26 Å². The van der Waals surface area contributed by atoms with Crippen LogP contribution in [-0.2, 0) is 15.1 Å². The molecule has 0 spiro atoms. The van der Waals surface area contributed by atoms with E-state index in [9.17, 15) is 9.90 Å². The number of carbonyl (C=O) groups excluding carboxylic acids is 1. The average Bonchev–Trinajstić information content (AvgIpc) is 3.47. The van der Waals surface area contributed by atoms with Gasteiger partial charge >= 0.3 is 0 Å². The molecule has 10 heteroatoms. The maximum Gasteiger partial charge on any atom is 0.262 e. The normalized spacial score (nSPS) is 25.0. The van der Waals surface area contributed by atoms with Gasteiger partial charge in [0.1, 0.15) is 5.69 Å². The number of hydrogen-bond donors (Lipinski definition) is 2. The molecular weight excluding hydrogens is 436 g/mol. The smallest absolute Gasteiger partial charge is 0.262 e. The highest BCUT2D eigenvalue weighted by atomic mass is 16.5. The van der Waals surface area contributed by atoms with Gasteiger partial charge in [-0.05, 0) is 43.9 Å². The second-order valence-electron chi connectivity index (χ2n) is 8.95. The van der Waals surface area contributed by atoms with E-state index in [0.717, 1.165) is 25.7 Å². The first-order chi connectivity index (χ1) is 16.5. The molecule has 3 atom stereocenters. The van der Waals surface area contributed by atoms with Crippen molar-refractivity contribution in [1.29, 1.82) is 0 Å². The lowest BCUT2D eigenvalue weighted by Gasteiger charge is -2.28. The molecule has 0 radical (unpaired) electrons. The van der Waals surface area contributed by atoms with Crippen LogP contribution in [-0.4, -0.2) is 68.9 Å². The summed E-state index contributed by atoms with van der Waals surface area (Å²) in [5.74, 6) is 0.286. The summed E-state index contributed by atoms with van der Waals surface area (Å²) in [6.45, 7) is 0.455. The van der Waals surface area contributed by atoms with Crippen LogP contribution in [0, 0.1) is 0 Å². The highest BCUT2D eigenvalue weighted by molar-refractivity contribution is 5.87. The summed E-state index contributed by atoms with van der Waals surface area (Å²) in [6.07, 6.45) is 6.40. The Hall–Kier alpha value is -3.37. The van der Waals surface area contributed by atoms with Crippen molar-refractivity contribution in [2.75, 3.05) is 26.0 Å². The van der Waals surface area contributed by atoms with Crippen LogP contribution in [0.1, 0.15) is 37.9 Å². The highest BCUT2D eigenvalue weighted by Gasteiger charge is 2.48. The van der Waals surface area contributed by atoms with Crippen LogP contribution in [0.4, 0.5) is 5.95 Å². The number of aromatic nitrogens is 4. The first kappa shape index (κ1) is 22.4. The number of ether oxygens (including phenoxy) is 1. The SMILES string of the molecule is COC1CCCC(Nc2nccc(-c3cccc(-c4cc(C5(O)CCN(C)C5=O)on4)n3)n2)C1. The van der Waals surface area contributed by atoms with Gasteiger partial charge < -0.3 is 24.6 Å². The molecule has 1 saturated carbocycles. The average molecular weight is 465 g/mol. The number of methoxy groups -OCH3 is 1. The van der Waals surface area contributed by atoms with E-state index in [2.05, 4.69) is 25.4 Å². The maximum absolute atomic E-state index is 12.4. The molecule has 2 aliphatic rings. The predicted octanol–water partition coefficient (Wildman–Crippen LogP) is 2.61. The van der Waals surface area contributed by atoms with Crippen molar-refractivity contribution < 1.29 is 19.2 Å². The third-order valence-corrected chi connectivity index (χ3v) is 6.65. The number of likely N-dealkylation sites (tertiary alicyclic amines) is 1. The zero-order valence-corrected chi connectivity index (χ0v) is 19.3. The van der Waals surface area contributed by atoms with Crippen molar-refractivity contribution in [2.45, 2.75) is 49.9 Å². The molecule has 3 unspecified atom stereocenters. The molecule has 1 aliphatic carbocycles. The second kappa shape index (κ2) is 9.11. The number of hydrogen-bond acceptors (Lipinski definition) is 9. The molecule has 1 aliphatic heterocycles. The third-order valence-electron chi connectivity index (χ3n) is 6.65. The second-order valence-corrected chi connectivity index (χ2v) is 8.95. The Kier molecular flexibility index (Phi) is 6.01. The number of pyridine rings is 1. The van der Waals surface area contributed by atoms with Gasteiger partial charge in [-0.1, -0.05) is 11.2 Å². The molecule has 1 amide bonds. The van der Waals surface area contributed by atoms with Crippen molar-refractivity contribution >= 4 is 11.9 Å². The third kappa shape index (κ3) is 4.26. The van der Waals surface area contributed by atoms with Crippen molar-refractivity contribution in [3.05, 3.63) is 42.3 Å². The zero-order chi connectivity index (χ0) is 23.7. The number of rotatable bonds is 6. The fraction of sp³-hybridized carbons (Fsp3) is 0.458. The minimum atomic E-state index is -1.69. The monoisotopic (exact) mass is 464 g/mol. The Morgan fingerprint density at radius 1 is 1.18 bits per heavy atom. The number of nitrogens with one attached hydrogen (secondary N) is 1. The summed E-state index contributed by atoms with van der Waals surface area (Å²) >= 11 is 0. The van der Waals surface area contributed by atoms with Crippen LogP contribution in [0.25, 0.3) is 22.8 Å². The molecule has 3 aromatic heterocycles. The van der Waals surface area contributed by atoms with Gasteiger partial charge in [-0.25, -0.2) is 15.0 Å². The Morgan fingerprint density at radius 3 is 2.74 bits per heavy atom. The van der Waals surface area contributed by atoms with E-state index in [0.29, 0.717) is 35.3 Å². The lowest BCUT2D eigenvalue weighted by Crippen LogP contribution is -2.35. The number of amides is 1. The van der Waals surface area contributed by atoms with Crippen LogP contribution in [0.15, 0.2) is 41.1 Å². The van der Waals surface area contributed by atoms with Gasteiger partial charge in [-0.15, -0.1) is 0 Å². The van der Waals surface area contributed by atoms with Crippen molar-refractivity contribution in [3.63, 3.8) is 0 Å². The topological polar surface area (TPSA) is 126 Å². The number of aliphatic hydroxyl groups is 1. The van der Waals surface area contributed by atoms with Gasteiger partial charge in [-0.2, -0.15) is 0 Å². The summed E-state index contributed by atoms with van der Waals surface area (Å²) in [5, 5.41) is 18.3. The predicted molar refractivity (Wildman–Crippen MR) is 124 cm³/mol. The number of anilines is 1. The summed E-state index contributed by atoms with van der Waals surface area (Å²) in [6, 6.07) is 9.16. The lowest BCUT2D eigenvalue weighted by atomic mass is 9.93. The van der Waals surface area contributed by atoms with Crippen molar-refractivity contribution in [2.24, 2.45) is 0 Å². The van der Waals surface area contributed by atoms with Crippen LogP contribution < -0.4 is 5.32 Å². The molecule has 3 aromatic rings. The number of carbonyl (C=O) groups is 1. The van der Waals surface area contributed by atoms with E-state index >= 15 is 0 Å². The highest BCUT2D eigenvalue weighted by Crippen LogP contribution is 2.34. The summed E-state index contributed by atoms with van der Waals surface area (Å²) < 4.78 is 10.9. The largest absolute Gasteiger partial charge is 0.381 e. The lowest BCUT2D eigenvalue weighted by molar-refractivity contribution is -0.144. The van der Waals surface area contributed by atoms with Crippen LogP contribution in [0.2, 0.25) is 0 Å². The van der Waals surface area contributed by atoms with Gasteiger partial charge in [0.15, 0.2) is 5.76 Å². The van der Waals surface area contributed by atoms with Crippen molar-refractivity contribution in [1.82, 2.24) is 25.0 Å². The summed E-state index contributed by atoms with van der Waals surface area (Å²) in [7, 11) is 3.41. The fourth-order valence-corrected chi connectivity index (χ4v) is 4.64. The van der Waals surface area contributed by atoms with Gasteiger partial charge in [0.2, 0.25) is 11.5 Å². The molecular formula is C24H28N6O4. The molecule has 2 N–H and O–H groups in total. The Labute approximate surface area is 197 Å². The Morgan fingerprint density at radius 2 is 1.97 bits per heavy atom. The first-order valence-electron chi connectivity index (χ1n) is 11.5. The summed E-state index contributed by atoms with van der Waals surface area (Å²) in [4.78, 5) is 27.6. The minimum absolute atomic E-state index is 0.124. The van der Waals surface area contributed by atoms with Crippen LogP contribution in [0.5, 0.6) is 0 Å². The molecule has 2 fully saturated rings. The van der Waals surface area contributed by atoms with Gasteiger partial charge in [-0.3, -0.25) is 4.79 Å². The number of likely N-dealkylation sites (N-methyl/N-ethyl adjacent to an activating group) is 1. The fourth-order valence-electron chi connectivity index (χ4n) is 4.64. The molecule has 0 aromatic carbocycles. The quantitative estimate of drug-likeness (QED) is 0.566. The number of nitrogens with zero attached hydrogens (tertiary/aromatic N) is 5. The van der Waals surface area contributed by atoms with Crippen LogP contribution in [0.3, 0.4) is 0 Å². The Balaban J connectivity index is 1.36. The molecule has 4 heterocycles. The molecule has 0 bridgehead atoms. The van der Waals surface area contributed by atoms with Gasteiger partial charge in [0.05, 0.1) is 23.2 Å². The van der Waals surface area contributed by atoms with E-state index in [1.54, 1.807) is 38.6 Å². The standard InChI is InChI=1S/C24H28N6O4/c1-30-12-10-24(32,22(30)31)21-14-20(29-34-21)18-8-4-7-17(27-18)19-9-11-25-23(28-19)26-15-5-3-6-16(13-15)33-2/h4,7-9,11,14-16,32H,3,5-6,10,12-13H2,1-2H3,(H,25,26,28). The van der Waals surface area contributed by atoms with Gasteiger partial charge in [0.25, 0.3) is 5.91 Å². The molecule has 178 valence electrons. The van der Waals surface area contributed by atoms with E-state index in [-0.39, 0.29) is 24.3 Å². The van der Waals surface area contributed by atoms with E-state index in [1.807, 2.05) is 12.1 Å². The Bertz CT molecular complexity index is 1180. The molecule has 10 nitrogen and oxygen atoms in total. The molecule has 5 rings (SSSR count). The van der Waals surface area contributed by atoms with Gasteiger partial charge in [0, 0.05) is 45.4 Å². The van der Waals surface area contributed by atoms with E-state index in [1.165, 1.54) is 4.90 Å². The molecule has 34 heavy (non-hydrogen) atoms. The minimum Gasteiger partial charge on any atom is -0.381 e.